The number of urea groups is 1. The van der Waals surface area contributed by atoms with Crippen LogP contribution < -0.4 is 10.1 Å². The lowest BCUT2D eigenvalue weighted by atomic mass is 10.2. The van der Waals surface area contributed by atoms with Crippen LogP contribution in [0.4, 0.5) is 14.9 Å². The monoisotopic (exact) mass is 431 g/mol. The van der Waals surface area contributed by atoms with Gasteiger partial charge in [0.25, 0.3) is 0 Å². The van der Waals surface area contributed by atoms with Crippen molar-refractivity contribution in [1.29, 1.82) is 0 Å². The molecule has 1 N–H and O–H groups in total. The van der Waals surface area contributed by atoms with Gasteiger partial charge in [-0.05, 0) is 61.0 Å². The molecular weight excluding hydrogens is 409 g/mol. The van der Waals surface area contributed by atoms with Crippen LogP contribution in [0.5, 0.6) is 5.75 Å². The van der Waals surface area contributed by atoms with Crippen molar-refractivity contribution >= 4 is 22.9 Å². The third kappa shape index (κ3) is 3.75. The number of ether oxygens (including phenoxy) is 1. The molecule has 5 rings (SSSR count). The lowest BCUT2D eigenvalue weighted by Crippen LogP contribution is -2.33. The van der Waals surface area contributed by atoms with Gasteiger partial charge in [0, 0.05) is 30.5 Å². The number of anilines is 1. The second-order valence-electron chi connectivity index (χ2n) is 7.71. The average molecular weight is 431 g/mol. The summed E-state index contributed by atoms with van der Waals surface area (Å²) in [6, 6.07) is 17.2. The van der Waals surface area contributed by atoms with Crippen molar-refractivity contribution in [3.8, 4) is 17.1 Å². The van der Waals surface area contributed by atoms with Gasteiger partial charge in [0.2, 0.25) is 0 Å². The maximum absolute atomic E-state index is 13.5. The fourth-order valence-electron chi connectivity index (χ4n) is 4.13. The van der Waals surface area contributed by atoms with E-state index in [0.717, 1.165) is 34.7 Å². The standard InChI is InChI=1S/C24H22FN5O2/c1-32-20-9-7-16(8-10-20)22-28-21-6-3-12-26-23(21)30(22)19-11-13-29(15-19)24(31)27-18-5-2-4-17(25)14-18/h2-10,12,14,19H,11,13,15H2,1H3,(H,27,31). The van der Waals surface area contributed by atoms with Crippen molar-refractivity contribution in [3.05, 3.63) is 72.7 Å². The second-order valence-corrected chi connectivity index (χ2v) is 7.71. The number of methoxy groups -OCH3 is 1. The first kappa shape index (κ1) is 20.0. The van der Waals surface area contributed by atoms with E-state index >= 15 is 0 Å². The Morgan fingerprint density at radius 1 is 1.16 bits per heavy atom. The molecular formula is C24H22FN5O2. The Labute approximate surface area is 184 Å². The number of carbonyl (C=O) groups excluding carboxylic acids is 1. The van der Waals surface area contributed by atoms with Crippen molar-refractivity contribution in [2.24, 2.45) is 0 Å². The molecule has 0 saturated carbocycles. The van der Waals surface area contributed by atoms with Gasteiger partial charge in [0.15, 0.2) is 5.65 Å². The normalized spacial score (nSPS) is 15.8. The largest absolute Gasteiger partial charge is 0.497 e. The van der Waals surface area contributed by atoms with Crippen LogP contribution in [0.25, 0.3) is 22.6 Å². The third-order valence-electron chi connectivity index (χ3n) is 5.69. The highest BCUT2D eigenvalue weighted by Gasteiger charge is 2.31. The van der Waals surface area contributed by atoms with Crippen molar-refractivity contribution in [2.75, 3.05) is 25.5 Å². The van der Waals surface area contributed by atoms with Crippen molar-refractivity contribution in [3.63, 3.8) is 0 Å². The fourth-order valence-corrected chi connectivity index (χ4v) is 4.13. The fraction of sp³-hybridized carbons (Fsp3) is 0.208. The Hall–Kier alpha value is -3.94. The number of fused-ring (bicyclic) bond motifs is 1. The summed E-state index contributed by atoms with van der Waals surface area (Å²) in [5, 5.41) is 2.78. The van der Waals surface area contributed by atoms with Crippen LogP contribution in [-0.2, 0) is 0 Å². The summed E-state index contributed by atoms with van der Waals surface area (Å²) in [5.74, 6) is 1.19. The van der Waals surface area contributed by atoms with Gasteiger partial charge in [0.1, 0.15) is 22.9 Å². The van der Waals surface area contributed by atoms with Crippen LogP contribution in [0.3, 0.4) is 0 Å². The average Bonchev–Trinajstić information content (AvgIpc) is 3.44. The lowest BCUT2D eigenvalue weighted by molar-refractivity contribution is 0.221. The topological polar surface area (TPSA) is 72.3 Å². The first-order chi connectivity index (χ1) is 15.6. The van der Waals surface area contributed by atoms with Gasteiger partial charge in [-0.3, -0.25) is 0 Å². The molecule has 1 atom stereocenters. The molecule has 8 heteroatoms. The number of nitrogens with one attached hydrogen (secondary N) is 1. The third-order valence-corrected chi connectivity index (χ3v) is 5.69. The van der Waals surface area contributed by atoms with E-state index in [0.29, 0.717) is 18.8 Å². The zero-order valence-corrected chi connectivity index (χ0v) is 17.5. The van der Waals surface area contributed by atoms with E-state index in [4.69, 9.17) is 9.72 Å². The predicted octanol–water partition coefficient (Wildman–Crippen LogP) is 4.72. The number of benzene rings is 2. The molecule has 2 amide bonds. The van der Waals surface area contributed by atoms with Gasteiger partial charge in [-0.1, -0.05) is 6.07 Å². The summed E-state index contributed by atoms with van der Waals surface area (Å²) >= 11 is 0. The molecule has 162 valence electrons. The van der Waals surface area contributed by atoms with E-state index in [1.165, 1.54) is 12.1 Å². The number of hydrogen-bond donors (Lipinski definition) is 1. The van der Waals surface area contributed by atoms with Crippen LogP contribution in [0.2, 0.25) is 0 Å². The Kier molecular flexibility index (Phi) is 5.18. The maximum Gasteiger partial charge on any atom is 0.321 e. The molecule has 2 aromatic carbocycles. The van der Waals surface area contributed by atoms with E-state index < -0.39 is 0 Å². The smallest absolute Gasteiger partial charge is 0.321 e. The van der Waals surface area contributed by atoms with Crippen molar-refractivity contribution < 1.29 is 13.9 Å². The molecule has 4 aromatic rings. The van der Waals surface area contributed by atoms with Gasteiger partial charge in [0.05, 0.1) is 13.2 Å². The first-order valence-corrected chi connectivity index (χ1v) is 10.4. The molecule has 0 radical (unpaired) electrons. The zero-order chi connectivity index (χ0) is 22.1. The van der Waals surface area contributed by atoms with Crippen molar-refractivity contribution in [2.45, 2.75) is 12.5 Å². The molecule has 3 heterocycles. The molecule has 0 spiro atoms. The highest BCUT2D eigenvalue weighted by atomic mass is 19.1. The summed E-state index contributed by atoms with van der Waals surface area (Å²) in [6.07, 6.45) is 2.52. The van der Waals surface area contributed by atoms with Gasteiger partial charge in [-0.25, -0.2) is 19.2 Å². The number of likely N-dealkylation sites (tertiary alicyclic amines) is 1. The highest BCUT2D eigenvalue weighted by molar-refractivity contribution is 5.89. The van der Waals surface area contributed by atoms with Gasteiger partial charge < -0.3 is 19.5 Å². The lowest BCUT2D eigenvalue weighted by Gasteiger charge is -2.19. The number of nitrogens with zero attached hydrogens (tertiary/aromatic N) is 4. The number of amides is 2. The van der Waals surface area contributed by atoms with Crippen LogP contribution in [0, 0.1) is 5.82 Å². The number of halogens is 1. The molecule has 1 unspecified atom stereocenters. The first-order valence-electron chi connectivity index (χ1n) is 10.4. The molecule has 0 bridgehead atoms. The summed E-state index contributed by atoms with van der Waals surface area (Å²) < 4.78 is 20.8. The molecule has 1 aliphatic heterocycles. The van der Waals surface area contributed by atoms with Gasteiger partial charge >= 0.3 is 6.03 Å². The number of rotatable bonds is 4. The van der Waals surface area contributed by atoms with Crippen LogP contribution in [0.15, 0.2) is 66.9 Å². The Morgan fingerprint density at radius 3 is 2.78 bits per heavy atom. The predicted molar refractivity (Wildman–Crippen MR) is 120 cm³/mol. The molecule has 32 heavy (non-hydrogen) atoms. The van der Waals surface area contributed by atoms with Crippen LogP contribution in [-0.4, -0.2) is 45.7 Å². The molecule has 7 nitrogen and oxygen atoms in total. The van der Waals surface area contributed by atoms with E-state index in [9.17, 15) is 9.18 Å². The Morgan fingerprint density at radius 2 is 2.00 bits per heavy atom. The van der Waals surface area contributed by atoms with Crippen molar-refractivity contribution in [1.82, 2.24) is 19.4 Å². The van der Waals surface area contributed by atoms with Gasteiger partial charge in [-0.2, -0.15) is 0 Å². The molecule has 1 fully saturated rings. The maximum atomic E-state index is 13.5. The summed E-state index contributed by atoms with van der Waals surface area (Å²) in [5.41, 5.74) is 2.98. The molecule has 2 aromatic heterocycles. The number of carbonyl (C=O) groups is 1. The van der Waals surface area contributed by atoms with E-state index in [1.807, 2.05) is 36.4 Å². The minimum atomic E-state index is -0.387. The number of aromatic nitrogens is 3. The zero-order valence-electron chi connectivity index (χ0n) is 17.5. The van der Waals surface area contributed by atoms with E-state index in [2.05, 4.69) is 14.9 Å². The van der Waals surface area contributed by atoms with E-state index in [-0.39, 0.29) is 17.9 Å². The highest BCUT2D eigenvalue weighted by Crippen LogP contribution is 2.33. The number of hydrogen-bond acceptors (Lipinski definition) is 4. The second kappa shape index (κ2) is 8.30. The summed E-state index contributed by atoms with van der Waals surface area (Å²) in [6.45, 7) is 1.09. The Balaban J connectivity index is 1.43. The molecule has 0 aliphatic carbocycles. The van der Waals surface area contributed by atoms with Gasteiger partial charge in [-0.15, -0.1) is 0 Å². The minimum Gasteiger partial charge on any atom is -0.497 e. The van der Waals surface area contributed by atoms with Crippen LogP contribution in [0.1, 0.15) is 12.5 Å². The quantitative estimate of drug-likeness (QED) is 0.507. The van der Waals surface area contributed by atoms with E-state index in [1.54, 1.807) is 30.3 Å². The summed E-state index contributed by atoms with van der Waals surface area (Å²) in [7, 11) is 1.64. The van der Waals surface area contributed by atoms with Crippen LogP contribution >= 0.6 is 0 Å². The summed E-state index contributed by atoms with van der Waals surface area (Å²) in [4.78, 5) is 23.9. The molecule has 1 saturated heterocycles. The Bertz CT molecular complexity index is 1270. The number of pyridine rings is 1. The SMILES string of the molecule is COc1ccc(-c2nc3cccnc3n2C2CCN(C(=O)Nc3cccc(F)c3)C2)cc1. The number of imidazole rings is 1. The molecule has 1 aliphatic rings. The minimum absolute atomic E-state index is 0.0188.